The highest BCUT2D eigenvalue weighted by Crippen LogP contribution is 2.34. The highest BCUT2D eigenvalue weighted by molar-refractivity contribution is 5.76. The summed E-state index contributed by atoms with van der Waals surface area (Å²) in [7, 11) is 0. The summed E-state index contributed by atoms with van der Waals surface area (Å²) in [5, 5.41) is 53.2. The zero-order valence-electron chi connectivity index (χ0n) is 17.9. The van der Waals surface area contributed by atoms with Gasteiger partial charge in [0.1, 0.15) is 18.3 Å². The lowest BCUT2D eigenvalue weighted by Gasteiger charge is -2.14. The summed E-state index contributed by atoms with van der Waals surface area (Å²) < 4.78 is 6.65. The average molecular weight is 522 g/mol. The molecule has 0 radical (unpaired) electrons. The van der Waals surface area contributed by atoms with Crippen LogP contribution in [0.5, 0.6) is 0 Å². The van der Waals surface area contributed by atoms with Crippen molar-refractivity contribution in [3.05, 3.63) is 40.9 Å². The zero-order chi connectivity index (χ0) is 26.9. The molecule has 4 atom stereocenters. The van der Waals surface area contributed by atoms with Crippen molar-refractivity contribution < 1.29 is 29.9 Å². The van der Waals surface area contributed by atoms with Crippen LogP contribution < -0.4 is 22.6 Å². The lowest BCUT2D eigenvalue weighted by atomic mass is 10.1. The average Bonchev–Trinajstić information content (AvgIpc) is 3.47. The molecule has 194 valence electrons. The standard InChI is InChI=1S/C15H14N12O10/c16-12-20-8-3(9(31)22-12)18-15(27(35)36)24(8)25-10(32)4-7(21-13(25)17)23(14(19-4)26(33)34)11-6(30)5(29)2(1-28)37-11/h2,5-6,11,28-30H,1H2,(H2,17,21)(H3,16,20,22,31)/t2-,5?,6?,11-/m1/s1. The molecule has 1 aliphatic rings. The van der Waals surface area contributed by atoms with Gasteiger partial charge < -0.3 is 51.8 Å². The molecule has 8 N–H and O–H groups in total. The normalized spacial score (nSPS) is 21.7. The number of ether oxygens (including phenoxy) is 1. The second kappa shape index (κ2) is 7.98. The van der Waals surface area contributed by atoms with Gasteiger partial charge >= 0.3 is 17.5 Å². The first kappa shape index (κ1) is 23.7. The summed E-state index contributed by atoms with van der Waals surface area (Å²) in [5.41, 5.74) is 6.62. The number of nitrogen functional groups attached to an aromatic ring is 2. The molecule has 4 aromatic rings. The molecule has 4 aromatic heterocycles. The van der Waals surface area contributed by atoms with E-state index in [2.05, 4.69) is 24.9 Å². The van der Waals surface area contributed by atoms with E-state index in [1.165, 1.54) is 0 Å². The van der Waals surface area contributed by atoms with Crippen LogP contribution in [0.1, 0.15) is 6.23 Å². The third kappa shape index (κ3) is 3.28. The number of aliphatic hydroxyl groups is 3. The van der Waals surface area contributed by atoms with E-state index in [1.54, 1.807) is 0 Å². The maximum Gasteiger partial charge on any atom is 0.460 e. The Morgan fingerprint density at radius 1 is 0.946 bits per heavy atom. The molecule has 1 fully saturated rings. The second-order valence-electron chi connectivity index (χ2n) is 7.63. The van der Waals surface area contributed by atoms with E-state index in [4.69, 9.17) is 16.2 Å². The number of anilines is 2. The Labute approximate surface area is 199 Å². The van der Waals surface area contributed by atoms with Crippen molar-refractivity contribution in [3.63, 3.8) is 0 Å². The zero-order valence-corrected chi connectivity index (χ0v) is 17.9. The van der Waals surface area contributed by atoms with E-state index in [1.807, 2.05) is 0 Å². The van der Waals surface area contributed by atoms with Crippen LogP contribution in [0.2, 0.25) is 0 Å². The summed E-state index contributed by atoms with van der Waals surface area (Å²) in [5.74, 6) is -3.48. The lowest BCUT2D eigenvalue weighted by molar-refractivity contribution is -0.398. The van der Waals surface area contributed by atoms with Crippen LogP contribution >= 0.6 is 0 Å². The van der Waals surface area contributed by atoms with Gasteiger partial charge in [0.25, 0.3) is 22.2 Å². The van der Waals surface area contributed by atoms with E-state index in [0.29, 0.717) is 13.9 Å². The number of aromatic amines is 1. The van der Waals surface area contributed by atoms with Crippen LogP contribution in [-0.2, 0) is 4.74 Å². The number of aromatic nitrogens is 8. The highest BCUT2D eigenvalue weighted by Gasteiger charge is 2.49. The summed E-state index contributed by atoms with van der Waals surface area (Å²) in [4.78, 5) is 63.9. The van der Waals surface area contributed by atoms with Crippen LogP contribution in [0.15, 0.2) is 9.59 Å². The molecule has 0 bridgehead atoms. The number of aliphatic hydroxyl groups excluding tert-OH is 3. The number of nitrogens with zero attached hydrogens (tertiary/aromatic N) is 9. The summed E-state index contributed by atoms with van der Waals surface area (Å²) in [6.07, 6.45) is -6.57. The largest absolute Gasteiger partial charge is 0.460 e. The number of imidazole rings is 2. The monoisotopic (exact) mass is 522 g/mol. The molecule has 0 spiro atoms. The first-order valence-corrected chi connectivity index (χ1v) is 9.96. The van der Waals surface area contributed by atoms with Gasteiger partial charge in [0, 0.05) is 0 Å². The number of hydrogen-bond donors (Lipinski definition) is 6. The maximum absolute atomic E-state index is 13.4. The molecule has 22 heteroatoms. The van der Waals surface area contributed by atoms with Gasteiger partial charge in [-0.25, -0.2) is 0 Å². The minimum Gasteiger partial charge on any atom is -0.394 e. The number of nitro groups is 2. The number of nitrogens with one attached hydrogen (secondary N) is 1. The van der Waals surface area contributed by atoms with Crippen molar-refractivity contribution in [1.29, 1.82) is 0 Å². The van der Waals surface area contributed by atoms with Crippen molar-refractivity contribution in [2.75, 3.05) is 18.1 Å². The molecule has 1 aliphatic heterocycles. The van der Waals surface area contributed by atoms with Crippen LogP contribution in [0.4, 0.5) is 23.8 Å². The number of H-pyrrole nitrogens is 1. The van der Waals surface area contributed by atoms with Crippen LogP contribution in [-0.4, -0.2) is 88.9 Å². The minimum atomic E-state index is -1.82. The summed E-state index contributed by atoms with van der Waals surface area (Å²) in [6.45, 7) is -0.760. The molecule has 22 nitrogen and oxygen atoms in total. The molecule has 0 amide bonds. The van der Waals surface area contributed by atoms with E-state index in [-0.39, 0.29) is 0 Å². The highest BCUT2D eigenvalue weighted by atomic mass is 16.6. The number of nitrogens with two attached hydrogens (primary N) is 2. The summed E-state index contributed by atoms with van der Waals surface area (Å²) in [6, 6.07) is 0. The first-order valence-electron chi connectivity index (χ1n) is 9.96. The van der Waals surface area contributed by atoms with Crippen molar-refractivity contribution in [2.24, 2.45) is 0 Å². The van der Waals surface area contributed by atoms with Gasteiger partial charge in [0.05, 0.1) is 6.61 Å². The smallest absolute Gasteiger partial charge is 0.394 e. The molecular formula is C15H14N12O10. The molecule has 0 aromatic carbocycles. The molecule has 1 saturated heterocycles. The van der Waals surface area contributed by atoms with Crippen molar-refractivity contribution in [3.8, 4) is 0 Å². The van der Waals surface area contributed by atoms with Gasteiger partial charge in [-0.2, -0.15) is 14.5 Å². The molecule has 0 saturated carbocycles. The van der Waals surface area contributed by atoms with E-state index >= 15 is 0 Å². The molecule has 5 heterocycles. The van der Waals surface area contributed by atoms with Gasteiger partial charge in [-0.1, -0.05) is 14.6 Å². The summed E-state index contributed by atoms with van der Waals surface area (Å²) >= 11 is 0. The Balaban J connectivity index is 1.85. The van der Waals surface area contributed by atoms with E-state index < -0.39 is 98.2 Å². The fourth-order valence-corrected chi connectivity index (χ4v) is 3.94. The van der Waals surface area contributed by atoms with Gasteiger partial charge in [-0.05, 0) is 9.85 Å². The Hall–Kier alpha value is -5.06. The molecule has 0 aliphatic carbocycles. The Bertz CT molecular complexity index is 1740. The fourth-order valence-electron chi connectivity index (χ4n) is 3.94. The first-order chi connectivity index (χ1) is 17.5. The fraction of sp³-hybridized carbons (Fsp3) is 0.333. The molecule has 2 unspecified atom stereocenters. The predicted molar refractivity (Wildman–Crippen MR) is 116 cm³/mol. The number of hydrogen-bond acceptors (Lipinski definition) is 16. The van der Waals surface area contributed by atoms with Gasteiger partial charge in [0.15, 0.2) is 0 Å². The predicted octanol–water partition coefficient (Wildman–Crippen LogP) is -4.07. The van der Waals surface area contributed by atoms with Gasteiger partial charge in [-0.15, -0.1) is 4.68 Å². The Kier molecular flexibility index (Phi) is 5.11. The van der Waals surface area contributed by atoms with Crippen LogP contribution in [0.3, 0.4) is 0 Å². The van der Waals surface area contributed by atoms with Crippen molar-refractivity contribution in [2.45, 2.75) is 24.5 Å². The van der Waals surface area contributed by atoms with Gasteiger partial charge in [-0.3, -0.25) is 14.6 Å². The Morgan fingerprint density at radius 3 is 2.19 bits per heavy atom. The maximum atomic E-state index is 13.4. The third-order valence-electron chi connectivity index (χ3n) is 5.49. The van der Waals surface area contributed by atoms with Crippen LogP contribution in [0, 0.1) is 20.2 Å². The van der Waals surface area contributed by atoms with Crippen LogP contribution in [0.25, 0.3) is 22.3 Å². The van der Waals surface area contributed by atoms with E-state index in [0.717, 1.165) is 0 Å². The number of rotatable bonds is 5. The second-order valence-corrected chi connectivity index (χ2v) is 7.63. The SMILES string of the molecule is Nc1nc2c(nc([N+](=O)[O-])n2-n2c(N)nc3c(nc([N+](=O)[O-])n3[C@@H]3O[C@H](CO)C(O)C3O)c2=O)c(=O)[nH]1. The van der Waals surface area contributed by atoms with E-state index in [9.17, 15) is 45.1 Å². The number of fused-ring (bicyclic) bond motifs is 2. The Morgan fingerprint density at radius 2 is 1.59 bits per heavy atom. The minimum absolute atomic E-state index is 0.347. The molecule has 5 rings (SSSR count). The van der Waals surface area contributed by atoms with Gasteiger partial charge in [0.2, 0.25) is 23.8 Å². The molecular weight excluding hydrogens is 508 g/mol. The van der Waals surface area contributed by atoms with Crippen molar-refractivity contribution >= 4 is 46.1 Å². The quantitative estimate of drug-likeness (QED) is 0.107. The van der Waals surface area contributed by atoms with Crippen molar-refractivity contribution in [1.82, 2.24) is 38.8 Å². The molecule has 37 heavy (non-hydrogen) atoms. The third-order valence-corrected chi connectivity index (χ3v) is 5.49. The topological polar surface area (TPSA) is 325 Å². The lowest BCUT2D eigenvalue weighted by Crippen LogP contribution is -2.33.